The van der Waals surface area contributed by atoms with Gasteiger partial charge in [-0.2, -0.15) is 10.1 Å². The fraction of sp³-hybridized carbons (Fsp3) is 0.167. The molecule has 0 aromatic carbocycles. The zero-order valence-corrected chi connectivity index (χ0v) is 6.56. The molecule has 1 aromatic rings. The number of amides is 2. The number of carbonyl (C=O) groups is 1. The van der Waals surface area contributed by atoms with Gasteiger partial charge in [0, 0.05) is 19.4 Å². The van der Waals surface area contributed by atoms with E-state index in [4.69, 9.17) is 5.73 Å². The van der Waals surface area contributed by atoms with E-state index in [0.29, 0.717) is 0 Å². The molecule has 0 fully saturated rings. The number of nitrogens with one attached hydrogen (secondary N) is 1. The topological polar surface area (TPSA) is 85.3 Å². The number of carbonyl (C=O) groups excluding carboxylic acids is 1. The maximum Gasteiger partial charge on any atom is 0.343 e. The molecule has 64 valence electrons. The first-order chi connectivity index (χ1) is 5.74. The molecule has 0 atom stereocenters. The van der Waals surface area contributed by atoms with Crippen LogP contribution in [-0.2, 0) is 0 Å². The molecular formula is C6H9N5O. The number of aromatic nitrogens is 2. The van der Waals surface area contributed by atoms with Crippen LogP contribution < -0.4 is 11.1 Å². The van der Waals surface area contributed by atoms with Crippen LogP contribution >= 0.6 is 0 Å². The molecule has 0 spiro atoms. The molecular weight excluding hydrogens is 158 g/mol. The number of hydrogen-bond acceptors (Lipinski definition) is 2. The molecule has 0 aliphatic carbocycles. The van der Waals surface area contributed by atoms with E-state index in [2.05, 4.69) is 15.4 Å². The number of urea groups is 1. The van der Waals surface area contributed by atoms with E-state index in [0.717, 1.165) is 0 Å². The summed E-state index contributed by atoms with van der Waals surface area (Å²) in [7, 11) is 1.47. The van der Waals surface area contributed by atoms with Crippen LogP contribution in [0.15, 0.2) is 23.5 Å². The third-order valence-corrected chi connectivity index (χ3v) is 1.17. The van der Waals surface area contributed by atoms with Crippen molar-refractivity contribution in [3.63, 3.8) is 0 Å². The van der Waals surface area contributed by atoms with Crippen molar-refractivity contribution in [3.8, 4) is 0 Å². The van der Waals surface area contributed by atoms with Crippen LogP contribution in [0.4, 0.5) is 4.79 Å². The van der Waals surface area contributed by atoms with Crippen LogP contribution in [0.2, 0.25) is 0 Å². The molecule has 6 nitrogen and oxygen atoms in total. The minimum absolute atomic E-state index is 0.0411. The van der Waals surface area contributed by atoms with Crippen LogP contribution in [0, 0.1) is 0 Å². The highest BCUT2D eigenvalue weighted by molar-refractivity contribution is 5.92. The first kappa shape index (κ1) is 8.25. The first-order valence-corrected chi connectivity index (χ1v) is 3.30. The predicted octanol–water partition coefficient (Wildman–Crippen LogP) is -0.615. The lowest BCUT2D eigenvalue weighted by Gasteiger charge is -1.97. The third-order valence-electron chi connectivity index (χ3n) is 1.17. The van der Waals surface area contributed by atoms with E-state index in [1.165, 1.54) is 11.7 Å². The molecule has 0 saturated heterocycles. The van der Waals surface area contributed by atoms with Crippen molar-refractivity contribution < 1.29 is 4.79 Å². The number of nitrogens with two attached hydrogens (primary N) is 1. The van der Waals surface area contributed by atoms with Crippen molar-refractivity contribution in [1.29, 1.82) is 0 Å². The summed E-state index contributed by atoms with van der Waals surface area (Å²) in [6.07, 6.45) is 3.15. The van der Waals surface area contributed by atoms with Gasteiger partial charge in [-0.1, -0.05) is 0 Å². The molecule has 1 heterocycles. The van der Waals surface area contributed by atoms with Crippen LogP contribution in [0.5, 0.6) is 0 Å². The van der Waals surface area contributed by atoms with Gasteiger partial charge in [0.15, 0.2) is 0 Å². The van der Waals surface area contributed by atoms with Gasteiger partial charge in [0.05, 0.1) is 0 Å². The van der Waals surface area contributed by atoms with Gasteiger partial charge >= 0.3 is 6.03 Å². The predicted molar refractivity (Wildman–Crippen MR) is 43.7 cm³/mol. The zero-order valence-electron chi connectivity index (χ0n) is 6.56. The Morgan fingerprint density at radius 1 is 1.75 bits per heavy atom. The number of rotatable bonds is 0. The zero-order chi connectivity index (χ0) is 8.97. The van der Waals surface area contributed by atoms with E-state index >= 15 is 0 Å². The molecule has 2 amide bonds. The summed E-state index contributed by atoms with van der Waals surface area (Å²) in [5.74, 6) is 0.0411. The molecule has 0 radical (unpaired) electrons. The van der Waals surface area contributed by atoms with E-state index in [9.17, 15) is 4.79 Å². The summed E-state index contributed by atoms with van der Waals surface area (Å²) >= 11 is 0. The highest BCUT2D eigenvalue weighted by atomic mass is 16.2. The molecule has 1 aromatic heterocycles. The van der Waals surface area contributed by atoms with Crippen LogP contribution in [-0.4, -0.2) is 28.8 Å². The van der Waals surface area contributed by atoms with Gasteiger partial charge in [-0.25, -0.2) is 9.48 Å². The van der Waals surface area contributed by atoms with Gasteiger partial charge in [0.2, 0.25) is 5.96 Å². The summed E-state index contributed by atoms with van der Waals surface area (Å²) in [6, 6.07) is 1.19. The Balaban J connectivity index is 2.77. The number of aliphatic imine (C=N–C) groups is 1. The fourth-order valence-electron chi connectivity index (χ4n) is 0.616. The summed E-state index contributed by atoms with van der Waals surface area (Å²) in [5.41, 5.74) is 5.41. The molecule has 3 N–H and O–H groups in total. The fourth-order valence-corrected chi connectivity index (χ4v) is 0.616. The quantitative estimate of drug-likeness (QED) is 0.399. The maximum absolute atomic E-state index is 10.7. The lowest BCUT2D eigenvalue weighted by Crippen LogP contribution is -2.26. The second kappa shape index (κ2) is 3.51. The number of nitrogens with zero attached hydrogens (tertiary/aromatic N) is 3. The van der Waals surface area contributed by atoms with Gasteiger partial charge in [-0.3, -0.25) is 0 Å². The second-order valence-electron chi connectivity index (χ2n) is 1.98. The average molecular weight is 167 g/mol. The summed E-state index contributed by atoms with van der Waals surface area (Å²) in [4.78, 5) is 14.2. The first-order valence-electron chi connectivity index (χ1n) is 3.30. The minimum Gasteiger partial charge on any atom is -0.368 e. The second-order valence-corrected chi connectivity index (χ2v) is 1.98. The largest absolute Gasteiger partial charge is 0.368 e. The Bertz CT molecular complexity index is 289. The monoisotopic (exact) mass is 167 g/mol. The molecule has 12 heavy (non-hydrogen) atoms. The van der Waals surface area contributed by atoms with Crippen molar-refractivity contribution in [2.45, 2.75) is 0 Å². The Morgan fingerprint density at radius 3 is 3.00 bits per heavy atom. The van der Waals surface area contributed by atoms with E-state index < -0.39 is 6.03 Å². The highest BCUT2D eigenvalue weighted by Crippen LogP contribution is 1.82. The maximum atomic E-state index is 10.7. The van der Waals surface area contributed by atoms with Gasteiger partial charge in [0.25, 0.3) is 0 Å². The highest BCUT2D eigenvalue weighted by Gasteiger charge is 1.98. The lowest BCUT2D eigenvalue weighted by atomic mass is 10.7. The standard InChI is InChI=1S/C6H9N5O/c1-8-6(12)10-5(7)11-4-2-3-9-11/h2-4H,1H3,(H3,7,8,10,12). The van der Waals surface area contributed by atoms with Gasteiger partial charge in [-0.15, -0.1) is 0 Å². The summed E-state index contributed by atoms with van der Waals surface area (Å²) in [5, 5.41) is 6.09. The smallest absolute Gasteiger partial charge is 0.343 e. The molecule has 0 bridgehead atoms. The molecule has 6 heteroatoms. The molecule has 0 aliphatic heterocycles. The lowest BCUT2D eigenvalue weighted by molar-refractivity contribution is 0.251. The molecule has 0 aliphatic rings. The van der Waals surface area contributed by atoms with Gasteiger partial charge in [0.1, 0.15) is 0 Å². The van der Waals surface area contributed by atoms with Crippen LogP contribution in [0.1, 0.15) is 0 Å². The Kier molecular flexibility index (Phi) is 2.42. The molecule has 1 rings (SSSR count). The van der Waals surface area contributed by atoms with Gasteiger partial charge < -0.3 is 11.1 Å². The Labute approximate surface area is 69.1 Å². The number of hydrogen-bond donors (Lipinski definition) is 2. The summed E-state index contributed by atoms with van der Waals surface area (Å²) < 4.78 is 1.30. The van der Waals surface area contributed by atoms with E-state index in [-0.39, 0.29) is 5.96 Å². The van der Waals surface area contributed by atoms with Crippen LogP contribution in [0.3, 0.4) is 0 Å². The SMILES string of the molecule is CNC(=O)/N=C(\N)n1cccn1. The van der Waals surface area contributed by atoms with Gasteiger partial charge in [-0.05, 0) is 6.07 Å². The Morgan fingerprint density at radius 2 is 2.50 bits per heavy atom. The van der Waals surface area contributed by atoms with Crippen molar-refractivity contribution in [2.24, 2.45) is 10.7 Å². The minimum atomic E-state index is -0.497. The normalized spacial score (nSPS) is 11.2. The molecule has 0 unspecified atom stereocenters. The third kappa shape index (κ3) is 1.82. The van der Waals surface area contributed by atoms with Crippen molar-refractivity contribution in [3.05, 3.63) is 18.5 Å². The molecule has 0 saturated carbocycles. The van der Waals surface area contributed by atoms with Crippen molar-refractivity contribution in [1.82, 2.24) is 15.1 Å². The Hall–Kier alpha value is -1.85. The summed E-state index contributed by atoms with van der Waals surface area (Å²) in [6.45, 7) is 0. The van der Waals surface area contributed by atoms with Crippen molar-refractivity contribution >= 4 is 12.0 Å². The van der Waals surface area contributed by atoms with E-state index in [1.807, 2.05) is 0 Å². The average Bonchev–Trinajstić information content (AvgIpc) is 2.56. The van der Waals surface area contributed by atoms with Crippen LogP contribution in [0.25, 0.3) is 0 Å². The van der Waals surface area contributed by atoms with E-state index in [1.54, 1.807) is 18.5 Å². The van der Waals surface area contributed by atoms with Crippen molar-refractivity contribution in [2.75, 3.05) is 7.05 Å².